The zero-order chi connectivity index (χ0) is 35.4. The number of fused-ring (bicyclic) bond motifs is 6. The number of allylic oxidation sites excluding steroid dienone is 7. The van der Waals surface area contributed by atoms with Crippen molar-refractivity contribution in [1.29, 1.82) is 15.8 Å². The quantitative estimate of drug-likeness (QED) is 0.188. The van der Waals surface area contributed by atoms with E-state index in [1.807, 2.05) is 43.3 Å². The first-order chi connectivity index (χ1) is 25.5. The van der Waals surface area contributed by atoms with Crippen molar-refractivity contribution in [2.45, 2.75) is 19.8 Å². The average Bonchev–Trinajstić information content (AvgIpc) is 3.59. The molecule has 5 heteroatoms. The maximum absolute atomic E-state index is 10.4. The lowest BCUT2D eigenvalue weighted by Crippen LogP contribution is -2.15. The highest BCUT2D eigenvalue weighted by Crippen LogP contribution is 2.45. The van der Waals surface area contributed by atoms with Crippen LogP contribution in [-0.2, 0) is 6.42 Å². The number of nitriles is 3. The van der Waals surface area contributed by atoms with Gasteiger partial charge in [0.15, 0.2) is 0 Å². The maximum Gasteiger partial charge on any atom is 0.0991 e. The Labute approximate surface area is 301 Å². The van der Waals surface area contributed by atoms with Crippen LogP contribution in [0.2, 0.25) is 0 Å². The summed E-state index contributed by atoms with van der Waals surface area (Å²) in [5, 5.41) is 33.8. The maximum atomic E-state index is 10.4. The SMILES string of the molecule is CC1(C#N)C=C(c2cccc(-n3c4c(c5ccccc53)C=C(C#N)C=CC4)c2)C(c2cc(C#N)ccc2-n2c3ccccc3c3ccccc32)=CC1. The van der Waals surface area contributed by atoms with E-state index in [2.05, 4.69) is 137 Å². The Hall–Kier alpha value is -7.13. The molecular formula is C47H31N5. The molecule has 244 valence electrons. The first kappa shape index (κ1) is 30.9. The highest BCUT2D eigenvalue weighted by atomic mass is 15.0. The van der Waals surface area contributed by atoms with Crippen LogP contribution in [-0.4, -0.2) is 9.13 Å². The third-order valence-electron chi connectivity index (χ3n) is 10.4. The summed E-state index contributed by atoms with van der Waals surface area (Å²) in [7, 11) is 0. The lowest BCUT2D eigenvalue weighted by atomic mass is 9.76. The van der Waals surface area contributed by atoms with Gasteiger partial charge in [-0.3, -0.25) is 0 Å². The average molecular weight is 666 g/mol. The van der Waals surface area contributed by atoms with Gasteiger partial charge in [-0.2, -0.15) is 15.8 Å². The van der Waals surface area contributed by atoms with Gasteiger partial charge < -0.3 is 9.13 Å². The highest BCUT2D eigenvalue weighted by molar-refractivity contribution is 6.12. The summed E-state index contributed by atoms with van der Waals surface area (Å²) in [5.41, 5.74) is 11.7. The van der Waals surface area contributed by atoms with Crippen molar-refractivity contribution in [2.75, 3.05) is 0 Å². The fourth-order valence-electron chi connectivity index (χ4n) is 8.01. The number of hydrogen-bond acceptors (Lipinski definition) is 3. The molecule has 9 rings (SSSR count). The van der Waals surface area contributed by atoms with E-state index < -0.39 is 5.41 Å². The van der Waals surface area contributed by atoms with Crippen molar-refractivity contribution in [3.8, 4) is 29.6 Å². The molecule has 1 unspecified atom stereocenters. The van der Waals surface area contributed by atoms with Gasteiger partial charge in [0.1, 0.15) is 0 Å². The van der Waals surface area contributed by atoms with Gasteiger partial charge in [-0.05, 0) is 90.7 Å². The van der Waals surface area contributed by atoms with Gasteiger partial charge >= 0.3 is 0 Å². The Balaban J connectivity index is 1.27. The molecule has 7 aromatic rings. The normalized spacial score (nSPS) is 16.7. The van der Waals surface area contributed by atoms with Gasteiger partial charge in [0.2, 0.25) is 0 Å². The third kappa shape index (κ3) is 4.82. The Morgan fingerprint density at radius 3 is 2.06 bits per heavy atom. The van der Waals surface area contributed by atoms with Gasteiger partial charge in [0.05, 0.1) is 57.0 Å². The Bertz CT molecular complexity index is 2850. The highest BCUT2D eigenvalue weighted by Gasteiger charge is 2.30. The fraction of sp³-hybridized carbons (Fsp3) is 0.0851. The second-order valence-corrected chi connectivity index (χ2v) is 13.7. The molecule has 2 heterocycles. The molecule has 0 saturated heterocycles. The van der Waals surface area contributed by atoms with Crippen molar-refractivity contribution < 1.29 is 0 Å². The summed E-state index contributed by atoms with van der Waals surface area (Å²) in [5.74, 6) is 0. The molecule has 5 aromatic carbocycles. The molecule has 5 nitrogen and oxygen atoms in total. The van der Waals surface area contributed by atoms with E-state index in [9.17, 15) is 15.8 Å². The number of hydrogen-bond donors (Lipinski definition) is 0. The van der Waals surface area contributed by atoms with Gasteiger partial charge in [-0.25, -0.2) is 0 Å². The van der Waals surface area contributed by atoms with Crippen LogP contribution in [0.15, 0.2) is 145 Å². The monoisotopic (exact) mass is 665 g/mol. The van der Waals surface area contributed by atoms with Crippen LogP contribution >= 0.6 is 0 Å². The number of benzene rings is 5. The molecule has 0 amide bonds. The Kier molecular flexibility index (Phi) is 7.15. The van der Waals surface area contributed by atoms with E-state index in [0.29, 0.717) is 24.0 Å². The summed E-state index contributed by atoms with van der Waals surface area (Å²) < 4.78 is 4.59. The number of para-hydroxylation sites is 3. The predicted molar refractivity (Wildman–Crippen MR) is 209 cm³/mol. The van der Waals surface area contributed by atoms with E-state index in [-0.39, 0.29) is 0 Å². The minimum absolute atomic E-state index is 0.543. The molecule has 0 spiro atoms. The van der Waals surface area contributed by atoms with E-state index in [0.717, 1.165) is 77.6 Å². The van der Waals surface area contributed by atoms with Crippen LogP contribution in [0.4, 0.5) is 0 Å². The van der Waals surface area contributed by atoms with E-state index >= 15 is 0 Å². The predicted octanol–water partition coefficient (Wildman–Crippen LogP) is 11.0. The first-order valence-electron chi connectivity index (χ1n) is 17.4. The van der Waals surface area contributed by atoms with Crippen molar-refractivity contribution in [3.05, 3.63) is 173 Å². The van der Waals surface area contributed by atoms with Crippen LogP contribution in [0.1, 0.15) is 41.3 Å². The summed E-state index contributed by atoms with van der Waals surface area (Å²) in [4.78, 5) is 0. The van der Waals surface area contributed by atoms with Crippen molar-refractivity contribution in [2.24, 2.45) is 5.41 Å². The van der Waals surface area contributed by atoms with E-state index in [4.69, 9.17) is 0 Å². The first-order valence-corrected chi connectivity index (χ1v) is 17.4. The van der Waals surface area contributed by atoms with Crippen LogP contribution in [0.25, 0.3) is 61.3 Å². The van der Waals surface area contributed by atoms with Crippen molar-refractivity contribution in [3.63, 3.8) is 0 Å². The van der Waals surface area contributed by atoms with Crippen molar-refractivity contribution >= 4 is 49.9 Å². The standard InChI is InChI=1S/C47H31N5/c1-47(30-50)23-22-35(39-25-32(29-49)20-21-46(39)52-43-17-6-2-13-36(43)37-14-3-7-18-44(37)52)41(27-47)33-11-9-12-34(26-33)51-42-16-5-4-15-38(42)40-24-31(28-48)10-8-19-45(40)51/h2-18,20-22,24-27H,19,23H2,1H3. The summed E-state index contributed by atoms with van der Waals surface area (Å²) in [6.07, 6.45) is 11.4. The molecule has 0 N–H and O–H groups in total. The molecule has 0 radical (unpaired) electrons. The van der Waals surface area contributed by atoms with Gasteiger partial charge in [0, 0.05) is 45.1 Å². The number of rotatable bonds is 4. The van der Waals surface area contributed by atoms with Crippen LogP contribution in [0.3, 0.4) is 0 Å². The lowest BCUT2D eigenvalue weighted by molar-refractivity contribution is 0.577. The minimum Gasteiger partial charge on any atom is -0.313 e. The minimum atomic E-state index is -0.713. The topological polar surface area (TPSA) is 81.2 Å². The van der Waals surface area contributed by atoms with Crippen LogP contribution in [0, 0.1) is 39.4 Å². The Morgan fingerprint density at radius 2 is 1.37 bits per heavy atom. The van der Waals surface area contributed by atoms with E-state index in [1.165, 1.54) is 0 Å². The van der Waals surface area contributed by atoms with Crippen LogP contribution in [0.5, 0.6) is 0 Å². The fourth-order valence-corrected chi connectivity index (χ4v) is 8.01. The zero-order valence-electron chi connectivity index (χ0n) is 28.5. The molecule has 0 fully saturated rings. The summed E-state index contributed by atoms with van der Waals surface area (Å²) >= 11 is 0. The Morgan fingerprint density at radius 1 is 0.673 bits per heavy atom. The van der Waals surface area contributed by atoms with Gasteiger partial charge in [-0.15, -0.1) is 0 Å². The summed E-state index contributed by atoms with van der Waals surface area (Å²) in [6, 6.07) is 46.9. The number of aromatic nitrogens is 2. The molecule has 0 bridgehead atoms. The van der Waals surface area contributed by atoms with Crippen molar-refractivity contribution in [1.82, 2.24) is 9.13 Å². The number of nitrogens with zero attached hydrogens (tertiary/aromatic N) is 5. The van der Waals surface area contributed by atoms with Gasteiger partial charge in [0.25, 0.3) is 0 Å². The molecule has 0 aliphatic heterocycles. The zero-order valence-corrected chi connectivity index (χ0v) is 28.5. The second kappa shape index (κ2) is 12.0. The molecule has 1 atom stereocenters. The molecular weight excluding hydrogens is 635 g/mol. The molecule has 2 aliphatic rings. The molecule has 52 heavy (non-hydrogen) atoms. The van der Waals surface area contributed by atoms with Gasteiger partial charge in [-0.1, -0.05) is 85.0 Å². The third-order valence-corrected chi connectivity index (χ3v) is 10.4. The molecule has 2 aromatic heterocycles. The molecule has 2 aliphatic carbocycles. The van der Waals surface area contributed by atoms with Crippen LogP contribution < -0.4 is 0 Å². The lowest BCUT2D eigenvalue weighted by Gasteiger charge is -2.28. The smallest absolute Gasteiger partial charge is 0.0991 e. The second-order valence-electron chi connectivity index (χ2n) is 13.7. The summed E-state index contributed by atoms with van der Waals surface area (Å²) in [6.45, 7) is 1.98. The van der Waals surface area contributed by atoms with E-state index in [1.54, 1.807) is 0 Å². The largest absolute Gasteiger partial charge is 0.313 e. The molecule has 0 saturated carbocycles.